The molecule has 1 aliphatic rings. The maximum absolute atomic E-state index is 13.9. The molecule has 7 nitrogen and oxygen atoms in total. The molecule has 3 aromatic heterocycles. The number of pyridine rings is 1. The van der Waals surface area contributed by atoms with Gasteiger partial charge in [0.25, 0.3) is 5.91 Å². The number of nitrogens with zero attached hydrogens (tertiary/aromatic N) is 5. The van der Waals surface area contributed by atoms with Gasteiger partial charge in [0.2, 0.25) is 0 Å². The molecule has 0 spiro atoms. The first-order valence-corrected chi connectivity index (χ1v) is 10.1. The number of carbonyl (C=O) groups is 1. The van der Waals surface area contributed by atoms with E-state index in [1.165, 1.54) is 12.3 Å². The Kier molecular flexibility index (Phi) is 5.81. The van der Waals surface area contributed by atoms with Crippen LogP contribution in [0.4, 0.5) is 35.1 Å². The number of rotatable bonds is 5. The zero-order valence-electron chi connectivity index (χ0n) is 17.3. The van der Waals surface area contributed by atoms with Crippen molar-refractivity contribution in [2.75, 3.05) is 0 Å². The van der Waals surface area contributed by atoms with Crippen molar-refractivity contribution >= 4 is 17.5 Å². The van der Waals surface area contributed by atoms with Crippen molar-refractivity contribution in [3.63, 3.8) is 0 Å². The Morgan fingerprint density at radius 2 is 1.74 bits per heavy atom. The number of aromatic nitrogens is 5. The molecule has 0 radical (unpaired) electrons. The van der Waals surface area contributed by atoms with E-state index in [9.17, 15) is 39.9 Å². The highest BCUT2D eigenvalue weighted by atomic mass is 35.5. The van der Waals surface area contributed by atoms with Gasteiger partial charge in [0.15, 0.2) is 11.5 Å². The summed E-state index contributed by atoms with van der Waals surface area (Å²) in [6.45, 7) is 0. The summed E-state index contributed by atoms with van der Waals surface area (Å²) in [5.74, 6) is -7.58. The third-order valence-electron chi connectivity index (χ3n) is 5.08. The van der Waals surface area contributed by atoms with Gasteiger partial charge in [-0.2, -0.15) is 45.3 Å². The van der Waals surface area contributed by atoms with Crippen molar-refractivity contribution < 1.29 is 39.9 Å². The van der Waals surface area contributed by atoms with Gasteiger partial charge >= 0.3 is 18.3 Å². The van der Waals surface area contributed by atoms with Crippen LogP contribution >= 0.6 is 11.6 Å². The lowest BCUT2D eigenvalue weighted by atomic mass is 10.1. The molecule has 1 fully saturated rings. The highest BCUT2D eigenvalue weighted by Gasteiger charge is 2.64. The quantitative estimate of drug-likeness (QED) is 0.378. The molecule has 0 aromatic carbocycles. The minimum Gasteiger partial charge on any atom is -0.349 e. The third kappa shape index (κ3) is 4.56. The molecule has 35 heavy (non-hydrogen) atoms. The van der Waals surface area contributed by atoms with Crippen LogP contribution in [-0.4, -0.2) is 42.7 Å². The number of hydrogen-bond acceptors (Lipinski definition) is 4. The maximum Gasteiger partial charge on any atom is 0.459 e. The molecule has 1 saturated carbocycles. The molecule has 0 aliphatic heterocycles. The minimum atomic E-state index is -6.32. The largest absolute Gasteiger partial charge is 0.459 e. The van der Waals surface area contributed by atoms with Crippen molar-refractivity contribution in [2.45, 2.75) is 37.2 Å². The molecule has 16 heteroatoms. The van der Waals surface area contributed by atoms with Crippen LogP contribution in [0.1, 0.15) is 34.5 Å². The summed E-state index contributed by atoms with van der Waals surface area (Å²) < 4.78 is 108. The van der Waals surface area contributed by atoms with Gasteiger partial charge < -0.3 is 5.32 Å². The van der Waals surface area contributed by atoms with Gasteiger partial charge in [-0.25, -0.2) is 14.3 Å². The smallest absolute Gasteiger partial charge is 0.349 e. The predicted octanol–water partition coefficient (Wildman–Crippen LogP) is 4.89. The highest BCUT2D eigenvalue weighted by molar-refractivity contribution is 6.32. The fraction of sp³-hybridized carbons (Fsp3) is 0.368. The van der Waals surface area contributed by atoms with E-state index in [2.05, 4.69) is 20.5 Å². The number of amides is 1. The summed E-state index contributed by atoms with van der Waals surface area (Å²) >= 11 is 5.97. The van der Waals surface area contributed by atoms with Crippen LogP contribution in [0.5, 0.6) is 0 Å². The van der Waals surface area contributed by atoms with Gasteiger partial charge in [0.05, 0.1) is 11.8 Å². The van der Waals surface area contributed by atoms with Gasteiger partial charge in [0, 0.05) is 36.6 Å². The van der Waals surface area contributed by atoms with Crippen molar-refractivity contribution in [3.05, 3.63) is 46.6 Å². The monoisotopic (exact) mass is 528 g/mol. The van der Waals surface area contributed by atoms with Gasteiger partial charge in [0.1, 0.15) is 10.7 Å². The second kappa shape index (κ2) is 8.17. The zero-order valence-corrected chi connectivity index (χ0v) is 18.1. The molecule has 0 saturated heterocycles. The van der Waals surface area contributed by atoms with Gasteiger partial charge in [-0.15, -0.1) is 0 Å². The number of nitrogens with one attached hydrogen (secondary N) is 1. The first-order valence-electron chi connectivity index (χ1n) is 9.72. The Bertz CT molecular complexity index is 1290. The Hall–Kier alpha value is -3.23. The Labute approximate surface area is 195 Å². The van der Waals surface area contributed by atoms with E-state index in [1.54, 1.807) is 0 Å². The van der Waals surface area contributed by atoms with E-state index in [1.807, 2.05) is 0 Å². The summed E-state index contributed by atoms with van der Waals surface area (Å²) in [5, 5.41) is 9.08. The number of aryl methyl sites for hydroxylation is 1. The average Bonchev–Trinajstić information content (AvgIpc) is 3.27. The van der Waals surface area contributed by atoms with Crippen LogP contribution in [-0.2, 0) is 19.1 Å². The first-order chi connectivity index (χ1) is 16.1. The predicted molar refractivity (Wildman–Crippen MR) is 104 cm³/mol. The molecule has 4 rings (SSSR count). The van der Waals surface area contributed by atoms with Crippen LogP contribution in [0.25, 0.3) is 16.9 Å². The lowest BCUT2D eigenvalue weighted by molar-refractivity contribution is -0.292. The van der Waals surface area contributed by atoms with Crippen LogP contribution in [0.15, 0.2) is 24.7 Å². The highest BCUT2D eigenvalue weighted by Crippen LogP contribution is 2.49. The molecular formula is C19H13ClF8N6O. The molecule has 1 N–H and O–H groups in total. The van der Waals surface area contributed by atoms with E-state index in [0.717, 1.165) is 32.3 Å². The van der Waals surface area contributed by atoms with Crippen LogP contribution in [0.3, 0.4) is 0 Å². The molecule has 188 valence electrons. The van der Waals surface area contributed by atoms with E-state index in [0.29, 0.717) is 4.68 Å². The summed E-state index contributed by atoms with van der Waals surface area (Å²) in [7, 11) is 0.770. The summed E-state index contributed by atoms with van der Waals surface area (Å²) in [6.07, 6.45) is -7.21. The second-order valence-electron chi connectivity index (χ2n) is 7.72. The maximum atomic E-state index is 13.9. The van der Waals surface area contributed by atoms with E-state index in [-0.39, 0.29) is 32.6 Å². The van der Waals surface area contributed by atoms with E-state index < -0.39 is 41.3 Å². The fourth-order valence-corrected chi connectivity index (χ4v) is 3.43. The van der Waals surface area contributed by atoms with Crippen molar-refractivity contribution in [1.29, 1.82) is 0 Å². The lowest BCUT2D eigenvalue weighted by Crippen LogP contribution is -2.36. The van der Waals surface area contributed by atoms with Gasteiger partial charge in [-0.05, 0) is 18.9 Å². The lowest BCUT2D eigenvalue weighted by Gasteiger charge is -2.19. The number of alkyl halides is 8. The molecular weight excluding hydrogens is 516 g/mol. The number of halogens is 9. The Balaban J connectivity index is 1.79. The van der Waals surface area contributed by atoms with Crippen molar-refractivity contribution in [2.24, 2.45) is 7.05 Å². The minimum absolute atomic E-state index is 0.000346. The first kappa shape index (κ1) is 24.9. The normalized spacial score (nSPS) is 14.9. The molecule has 0 unspecified atom stereocenters. The van der Waals surface area contributed by atoms with E-state index in [4.69, 9.17) is 11.6 Å². The van der Waals surface area contributed by atoms with Crippen LogP contribution in [0, 0.1) is 0 Å². The van der Waals surface area contributed by atoms with E-state index >= 15 is 0 Å². The Morgan fingerprint density at radius 1 is 1.09 bits per heavy atom. The molecule has 0 bridgehead atoms. The summed E-state index contributed by atoms with van der Waals surface area (Å²) in [4.78, 5) is 16.2. The van der Waals surface area contributed by atoms with Gasteiger partial charge in [-0.3, -0.25) is 4.79 Å². The molecule has 0 atom stereocenters. The zero-order chi connectivity index (χ0) is 25.9. The van der Waals surface area contributed by atoms with Crippen LogP contribution in [0.2, 0.25) is 5.15 Å². The molecule has 3 heterocycles. The summed E-state index contributed by atoms with van der Waals surface area (Å²) in [6, 6.07) is 1.30. The van der Waals surface area contributed by atoms with Crippen molar-refractivity contribution in [1.82, 2.24) is 29.9 Å². The SMILES string of the molecule is Cn1nc(C(F)(F)C(F)(F)F)c(C(F)(F)F)c1-n1cc(-c2cnc(Cl)c(C(=O)NC3CC3)c2)cn1. The molecule has 3 aromatic rings. The summed E-state index contributed by atoms with van der Waals surface area (Å²) in [5.41, 5.74) is -4.56. The number of carbonyl (C=O) groups excluding carboxylic acids is 1. The Morgan fingerprint density at radius 3 is 2.31 bits per heavy atom. The standard InChI is InChI=1S/C19H13ClF8N6O/c1-33-16(12(18(23,24)25)13(32-33)17(21,22)19(26,27)28)34-7-9(6-30-34)8-4-11(14(20)29-5-8)15(35)31-10-2-3-10/h4-7,10H,2-3H2,1H3,(H,31,35). The average molecular weight is 529 g/mol. The van der Waals surface area contributed by atoms with Crippen LogP contribution < -0.4 is 5.32 Å². The van der Waals surface area contributed by atoms with Crippen molar-refractivity contribution in [3.8, 4) is 16.9 Å². The topological polar surface area (TPSA) is 77.6 Å². The third-order valence-corrected chi connectivity index (χ3v) is 5.38. The molecule has 1 aliphatic carbocycles. The fourth-order valence-electron chi connectivity index (χ4n) is 3.24. The number of hydrogen-bond donors (Lipinski definition) is 1. The molecule has 1 amide bonds. The van der Waals surface area contributed by atoms with Gasteiger partial charge in [-0.1, -0.05) is 11.6 Å². The second-order valence-corrected chi connectivity index (χ2v) is 8.08.